The Kier molecular flexibility index (Phi) is 11.3. The SMILES string of the molecule is CC(=O)C(N=Nc1cc(C(=O)O)ccc1C(=O)O)C(=O)Nc1ccc(NC(=O)C(N=Nc2cc(C(=O)O)ccc2C(=O)O)C(C)=O)cc1. The Labute approximate surface area is 268 Å². The number of benzene rings is 3. The van der Waals surface area contributed by atoms with Crippen molar-refractivity contribution in [3.8, 4) is 0 Å². The highest BCUT2D eigenvalue weighted by molar-refractivity contribution is 6.11. The Morgan fingerprint density at radius 1 is 0.521 bits per heavy atom. The lowest BCUT2D eigenvalue weighted by atomic mass is 10.1. The van der Waals surface area contributed by atoms with Gasteiger partial charge in [-0.25, -0.2) is 19.2 Å². The van der Waals surface area contributed by atoms with Gasteiger partial charge in [-0.1, -0.05) is 0 Å². The Morgan fingerprint density at radius 2 is 0.854 bits per heavy atom. The lowest BCUT2D eigenvalue weighted by Crippen LogP contribution is -2.32. The van der Waals surface area contributed by atoms with Crippen molar-refractivity contribution in [2.75, 3.05) is 10.6 Å². The number of azo groups is 2. The number of hydrogen-bond acceptors (Lipinski definition) is 12. The molecule has 2 amide bonds. The lowest BCUT2D eigenvalue weighted by Gasteiger charge is -2.12. The molecule has 18 nitrogen and oxygen atoms in total. The quantitative estimate of drug-likeness (QED) is 0.106. The van der Waals surface area contributed by atoms with Gasteiger partial charge in [-0.15, -0.1) is 0 Å². The number of carbonyl (C=O) groups is 8. The number of anilines is 2. The number of hydrogen-bond donors (Lipinski definition) is 6. The number of Topliss-reactive ketones (excluding diaryl/α,β-unsaturated/α-hetero) is 2. The summed E-state index contributed by atoms with van der Waals surface area (Å²) >= 11 is 0. The summed E-state index contributed by atoms with van der Waals surface area (Å²) in [5, 5.41) is 56.4. The Bertz CT molecular complexity index is 1770. The van der Waals surface area contributed by atoms with Crippen LogP contribution >= 0.6 is 0 Å². The Morgan fingerprint density at radius 3 is 1.12 bits per heavy atom. The number of nitrogens with one attached hydrogen (secondary N) is 2. The molecule has 0 bridgehead atoms. The second kappa shape index (κ2) is 15.3. The van der Waals surface area contributed by atoms with E-state index in [1.165, 1.54) is 24.3 Å². The van der Waals surface area contributed by atoms with E-state index >= 15 is 0 Å². The summed E-state index contributed by atoms with van der Waals surface area (Å²) in [4.78, 5) is 95.5. The topological polar surface area (TPSA) is 291 Å². The molecule has 2 unspecified atom stereocenters. The first-order chi connectivity index (χ1) is 22.6. The molecule has 0 saturated carbocycles. The van der Waals surface area contributed by atoms with Crippen molar-refractivity contribution in [1.29, 1.82) is 0 Å². The van der Waals surface area contributed by atoms with E-state index in [0.29, 0.717) is 0 Å². The van der Waals surface area contributed by atoms with Gasteiger partial charge in [0.1, 0.15) is 11.4 Å². The first-order valence-electron chi connectivity index (χ1n) is 13.3. The number of aromatic carboxylic acids is 4. The molecular weight excluding hydrogens is 636 g/mol. The van der Waals surface area contributed by atoms with Crippen molar-refractivity contribution >= 4 is 70.0 Å². The lowest BCUT2D eigenvalue weighted by molar-refractivity contribution is -0.127. The molecule has 0 fully saturated rings. The van der Waals surface area contributed by atoms with E-state index in [0.717, 1.165) is 50.2 Å². The van der Waals surface area contributed by atoms with Crippen LogP contribution in [-0.4, -0.2) is 79.8 Å². The average Bonchev–Trinajstić information content (AvgIpc) is 3.01. The zero-order valence-electron chi connectivity index (χ0n) is 24.8. The summed E-state index contributed by atoms with van der Waals surface area (Å²) in [5.74, 6) is -9.15. The van der Waals surface area contributed by atoms with Gasteiger partial charge in [-0.2, -0.15) is 20.5 Å². The first kappa shape index (κ1) is 35.5. The van der Waals surface area contributed by atoms with Gasteiger partial charge in [0.05, 0.1) is 22.3 Å². The highest BCUT2D eigenvalue weighted by Gasteiger charge is 2.26. The molecule has 3 aromatic carbocycles. The molecule has 3 aromatic rings. The molecule has 18 heteroatoms. The van der Waals surface area contributed by atoms with Gasteiger partial charge in [0, 0.05) is 11.4 Å². The molecule has 0 aliphatic carbocycles. The van der Waals surface area contributed by atoms with Gasteiger partial charge in [0.25, 0.3) is 11.8 Å². The Balaban J connectivity index is 1.75. The predicted octanol–water partition coefficient (Wildman–Crippen LogP) is 3.84. The van der Waals surface area contributed by atoms with E-state index in [9.17, 15) is 58.8 Å². The minimum Gasteiger partial charge on any atom is -0.478 e. The maximum atomic E-state index is 12.8. The number of amides is 2. The van der Waals surface area contributed by atoms with Crippen LogP contribution in [0.25, 0.3) is 0 Å². The van der Waals surface area contributed by atoms with Crippen LogP contribution in [0, 0.1) is 0 Å². The molecule has 6 N–H and O–H groups in total. The third kappa shape index (κ3) is 9.03. The maximum Gasteiger partial charge on any atom is 0.337 e. The van der Waals surface area contributed by atoms with Crippen molar-refractivity contribution in [1.82, 2.24) is 0 Å². The van der Waals surface area contributed by atoms with Gasteiger partial charge in [0.2, 0.25) is 12.1 Å². The van der Waals surface area contributed by atoms with E-state index < -0.39 is 81.8 Å². The van der Waals surface area contributed by atoms with Crippen LogP contribution in [0.2, 0.25) is 0 Å². The molecule has 0 saturated heterocycles. The summed E-state index contributed by atoms with van der Waals surface area (Å²) in [6, 6.07) is 7.61. The third-order valence-electron chi connectivity index (χ3n) is 6.20. The van der Waals surface area contributed by atoms with Crippen molar-refractivity contribution < 1.29 is 58.8 Å². The summed E-state index contributed by atoms with van der Waals surface area (Å²) < 4.78 is 0. The molecule has 0 aliphatic heterocycles. The summed E-state index contributed by atoms with van der Waals surface area (Å²) in [6.07, 6.45) is 0. The van der Waals surface area contributed by atoms with Crippen LogP contribution in [0.1, 0.15) is 55.3 Å². The van der Waals surface area contributed by atoms with Gasteiger partial charge < -0.3 is 31.1 Å². The monoisotopic (exact) mass is 660 g/mol. The fourth-order valence-electron chi connectivity index (χ4n) is 3.79. The van der Waals surface area contributed by atoms with Crippen LogP contribution in [0.3, 0.4) is 0 Å². The highest BCUT2D eigenvalue weighted by Crippen LogP contribution is 2.24. The number of nitrogens with zero attached hydrogens (tertiary/aromatic N) is 4. The van der Waals surface area contributed by atoms with Crippen molar-refractivity contribution in [3.63, 3.8) is 0 Å². The molecule has 0 radical (unpaired) electrons. The first-order valence-corrected chi connectivity index (χ1v) is 13.3. The van der Waals surface area contributed by atoms with E-state index in [1.54, 1.807) is 0 Å². The smallest absolute Gasteiger partial charge is 0.337 e. The second-order valence-electron chi connectivity index (χ2n) is 9.70. The molecule has 0 spiro atoms. The van der Waals surface area contributed by atoms with Gasteiger partial charge in [0.15, 0.2) is 11.6 Å². The van der Waals surface area contributed by atoms with Crippen LogP contribution < -0.4 is 10.6 Å². The summed E-state index contributed by atoms with van der Waals surface area (Å²) in [5.41, 5.74) is -2.03. The molecule has 0 aromatic heterocycles. The van der Waals surface area contributed by atoms with Crippen molar-refractivity contribution in [2.24, 2.45) is 20.5 Å². The van der Waals surface area contributed by atoms with Gasteiger partial charge in [-0.05, 0) is 74.5 Å². The predicted molar refractivity (Wildman–Crippen MR) is 162 cm³/mol. The fourth-order valence-corrected chi connectivity index (χ4v) is 3.79. The number of ketones is 2. The summed E-state index contributed by atoms with van der Waals surface area (Å²) in [7, 11) is 0. The molecule has 3 rings (SSSR count). The van der Waals surface area contributed by atoms with E-state index in [1.807, 2.05) is 0 Å². The normalized spacial score (nSPS) is 12.2. The Hall–Kier alpha value is -6.98. The zero-order valence-corrected chi connectivity index (χ0v) is 24.8. The number of carboxylic acid groups (broad SMARTS) is 4. The second-order valence-corrected chi connectivity index (χ2v) is 9.70. The molecule has 48 heavy (non-hydrogen) atoms. The van der Waals surface area contributed by atoms with Crippen molar-refractivity contribution in [3.05, 3.63) is 82.9 Å². The van der Waals surface area contributed by atoms with E-state index in [4.69, 9.17) is 0 Å². The van der Waals surface area contributed by atoms with Crippen molar-refractivity contribution in [2.45, 2.75) is 25.9 Å². The molecule has 0 heterocycles. The summed E-state index contributed by atoms with van der Waals surface area (Å²) in [6.45, 7) is 2.06. The standard InChI is InChI=1S/C30H24N6O12/c1-13(37)23(35-33-21-11-15(27(41)42)3-9-19(21)29(45)46)25(39)31-17-5-7-18(8-6-17)32-26(40)24(14(2)38)36-34-22-12-16(28(43)44)4-10-20(22)30(47)48/h3-12,23-24H,1-2H3,(H,31,39)(H,32,40)(H,41,42)(H,43,44)(H,45,46)(H,47,48). The molecular formula is C30H24N6O12. The minimum atomic E-state index is -1.75. The van der Waals surface area contributed by atoms with E-state index in [-0.39, 0.29) is 22.5 Å². The van der Waals surface area contributed by atoms with Crippen LogP contribution in [-0.2, 0) is 19.2 Å². The number of carbonyl (C=O) groups excluding carboxylic acids is 4. The highest BCUT2D eigenvalue weighted by atomic mass is 16.4. The third-order valence-corrected chi connectivity index (χ3v) is 6.20. The van der Waals surface area contributed by atoms with Crippen LogP contribution in [0.15, 0.2) is 81.1 Å². The van der Waals surface area contributed by atoms with Gasteiger partial charge >= 0.3 is 23.9 Å². The molecule has 246 valence electrons. The van der Waals surface area contributed by atoms with Crippen LogP contribution in [0.5, 0.6) is 0 Å². The largest absolute Gasteiger partial charge is 0.478 e. The fraction of sp³-hybridized carbons (Fsp3) is 0.133. The van der Waals surface area contributed by atoms with Gasteiger partial charge in [-0.3, -0.25) is 19.2 Å². The minimum absolute atomic E-state index is 0.112. The average molecular weight is 661 g/mol. The molecule has 0 aliphatic rings. The molecule has 2 atom stereocenters. The van der Waals surface area contributed by atoms with E-state index in [2.05, 4.69) is 31.1 Å². The number of rotatable bonds is 14. The maximum absolute atomic E-state index is 12.8. The number of carboxylic acids is 4. The van der Waals surface area contributed by atoms with Crippen LogP contribution in [0.4, 0.5) is 22.7 Å². The zero-order chi connectivity index (χ0) is 35.7.